The predicted molar refractivity (Wildman–Crippen MR) is 91.6 cm³/mol. The van der Waals surface area contributed by atoms with E-state index in [0.29, 0.717) is 6.04 Å². The Morgan fingerprint density at radius 3 is 2.43 bits per heavy atom. The molecule has 1 aromatic carbocycles. The molecule has 0 spiro atoms. The fourth-order valence-corrected chi connectivity index (χ4v) is 3.24. The maximum atomic E-state index is 3.48. The van der Waals surface area contributed by atoms with Crippen molar-refractivity contribution in [1.29, 1.82) is 0 Å². The van der Waals surface area contributed by atoms with Gasteiger partial charge in [0, 0.05) is 18.6 Å². The summed E-state index contributed by atoms with van der Waals surface area (Å²) in [5.74, 6) is 0.895. The summed E-state index contributed by atoms with van der Waals surface area (Å²) in [5, 5.41) is 3.48. The summed E-state index contributed by atoms with van der Waals surface area (Å²) in [4.78, 5) is 2.63. The largest absolute Gasteiger partial charge is 0.314 e. The van der Waals surface area contributed by atoms with Crippen molar-refractivity contribution in [2.75, 3.05) is 13.1 Å². The van der Waals surface area contributed by atoms with Crippen LogP contribution < -0.4 is 5.32 Å². The maximum Gasteiger partial charge on any atom is 0.0236 e. The standard InChI is InChI=1S/C19H32N2/c1-15(2)20-11-9-18-5-7-19(8-6-18)14-21-12-10-16(3)13-17(21)4/h5-8,15-17,20H,9-14H2,1-4H3. The first-order valence-electron chi connectivity index (χ1n) is 8.60. The minimum atomic E-state index is 0.576. The molecule has 1 aliphatic rings. The fraction of sp³-hybridized carbons (Fsp3) is 0.684. The lowest BCUT2D eigenvalue weighted by atomic mass is 9.93. The van der Waals surface area contributed by atoms with Crippen molar-refractivity contribution in [2.45, 2.75) is 65.6 Å². The lowest BCUT2D eigenvalue weighted by Crippen LogP contribution is -2.39. The van der Waals surface area contributed by atoms with Gasteiger partial charge in [0.1, 0.15) is 0 Å². The Morgan fingerprint density at radius 1 is 1.14 bits per heavy atom. The van der Waals surface area contributed by atoms with Crippen LogP contribution in [0.1, 0.15) is 51.7 Å². The molecule has 0 aromatic heterocycles. The average Bonchev–Trinajstić information content (AvgIpc) is 2.43. The number of hydrogen-bond acceptors (Lipinski definition) is 2. The molecule has 2 heteroatoms. The smallest absolute Gasteiger partial charge is 0.0236 e. The van der Waals surface area contributed by atoms with E-state index in [0.717, 1.165) is 31.5 Å². The number of likely N-dealkylation sites (tertiary alicyclic amines) is 1. The van der Waals surface area contributed by atoms with E-state index in [1.165, 1.54) is 30.5 Å². The third kappa shape index (κ3) is 5.44. The van der Waals surface area contributed by atoms with Crippen molar-refractivity contribution in [2.24, 2.45) is 5.92 Å². The Labute approximate surface area is 130 Å². The molecule has 1 aromatic rings. The van der Waals surface area contributed by atoms with Gasteiger partial charge in [-0.25, -0.2) is 0 Å². The van der Waals surface area contributed by atoms with Gasteiger partial charge in [0.25, 0.3) is 0 Å². The van der Waals surface area contributed by atoms with Crippen LogP contribution in [0.25, 0.3) is 0 Å². The van der Waals surface area contributed by atoms with Crippen LogP contribution in [0.3, 0.4) is 0 Å². The Balaban J connectivity index is 1.82. The molecular formula is C19H32N2. The van der Waals surface area contributed by atoms with E-state index in [4.69, 9.17) is 0 Å². The van der Waals surface area contributed by atoms with Crippen molar-refractivity contribution in [3.63, 3.8) is 0 Å². The predicted octanol–water partition coefficient (Wildman–Crippen LogP) is 3.85. The second-order valence-electron chi connectivity index (χ2n) is 7.12. The SMILES string of the molecule is CC1CCN(Cc2ccc(CCNC(C)C)cc2)C(C)C1. The van der Waals surface area contributed by atoms with E-state index < -0.39 is 0 Å². The first kappa shape index (κ1) is 16.5. The second kappa shape index (κ2) is 7.95. The zero-order chi connectivity index (χ0) is 15.2. The van der Waals surface area contributed by atoms with Gasteiger partial charge in [-0.2, -0.15) is 0 Å². The van der Waals surface area contributed by atoms with Gasteiger partial charge in [0.2, 0.25) is 0 Å². The molecular weight excluding hydrogens is 256 g/mol. The van der Waals surface area contributed by atoms with Gasteiger partial charge in [-0.15, -0.1) is 0 Å². The van der Waals surface area contributed by atoms with Gasteiger partial charge >= 0.3 is 0 Å². The maximum absolute atomic E-state index is 3.48. The molecule has 2 nitrogen and oxygen atoms in total. The summed E-state index contributed by atoms with van der Waals surface area (Å²) in [5.41, 5.74) is 2.89. The van der Waals surface area contributed by atoms with Gasteiger partial charge in [0.05, 0.1) is 0 Å². The van der Waals surface area contributed by atoms with Crippen LogP contribution in [0.4, 0.5) is 0 Å². The van der Waals surface area contributed by atoms with Gasteiger partial charge in [0.15, 0.2) is 0 Å². The minimum Gasteiger partial charge on any atom is -0.314 e. The summed E-state index contributed by atoms with van der Waals surface area (Å²) in [6, 6.07) is 10.5. The summed E-state index contributed by atoms with van der Waals surface area (Å²) in [6.45, 7) is 12.6. The molecule has 1 heterocycles. The Hall–Kier alpha value is -0.860. The number of benzene rings is 1. The van der Waals surface area contributed by atoms with Gasteiger partial charge in [-0.05, 0) is 56.3 Å². The lowest BCUT2D eigenvalue weighted by molar-refractivity contribution is 0.122. The van der Waals surface area contributed by atoms with Crippen molar-refractivity contribution >= 4 is 0 Å². The van der Waals surface area contributed by atoms with E-state index >= 15 is 0 Å². The molecule has 118 valence electrons. The van der Waals surface area contributed by atoms with Crippen molar-refractivity contribution in [3.05, 3.63) is 35.4 Å². The van der Waals surface area contributed by atoms with Crippen LogP contribution in [0, 0.1) is 5.92 Å². The molecule has 1 fully saturated rings. The fourth-order valence-electron chi connectivity index (χ4n) is 3.24. The van der Waals surface area contributed by atoms with Gasteiger partial charge in [-0.3, -0.25) is 4.90 Å². The lowest BCUT2D eigenvalue weighted by Gasteiger charge is -2.36. The third-order valence-electron chi connectivity index (χ3n) is 4.65. The van der Waals surface area contributed by atoms with E-state index in [-0.39, 0.29) is 0 Å². The first-order valence-corrected chi connectivity index (χ1v) is 8.60. The number of rotatable bonds is 6. The topological polar surface area (TPSA) is 15.3 Å². The molecule has 0 saturated carbocycles. The number of piperidine rings is 1. The molecule has 1 N–H and O–H groups in total. The van der Waals surface area contributed by atoms with Gasteiger partial charge < -0.3 is 5.32 Å². The summed E-state index contributed by atoms with van der Waals surface area (Å²) < 4.78 is 0. The van der Waals surface area contributed by atoms with Crippen LogP contribution >= 0.6 is 0 Å². The Bertz CT molecular complexity index is 410. The minimum absolute atomic E-state index is 0.576. The molecule has 21 heavy (non-hydrogen) atoms. The Kier molecular flexibility index (Phi) is 6.25. The molecule has 2 unspecified atom stereocenters. The molecule has 0 amide bonds. The monoisotopic (exact) mass is 288 g/mol. The second-order valence-corrected chi connectivity index (χ2v) is 7.12. The molecule has 0 radical (unpaired) electrons. The van der Waals surface area contributed by atoms with Crippen molar-refractivity contribution in [3.8, 4) is 0 Å². The molecule has 0 aliphatic carbocycles. The number of nitrogens with zero attached hydrogens (tertiary/aromatic N) is 1. The van der Waals surface area contributed by atoms with E-state index in [9.17, 15) is 0 Å². The summed E-state index contributed by atoms with van der Waals surface area (Å²) in [7, 11) is 0. The summed E-state index contributed by atoms with van der Waals surface area (Å²) >= 11 is 0. The molecule has 2 atom stereocenters. The van der Waals surface area contributed by atoms with Crippen LogP contribution in [-0.2, 0) is 13.0 Å². The zero-order valence-corrected chi connectivity index (χ0v) is 14.2. The molecule has 1 saturated heterocycles. The normalized spacial score (nSPS) is 23.7. The van der Waals surface area contributed by atoms with E-state index in [2.05, 4.69) is 62.2 Å². The molecule has 0 bridgehead atoms. The average molecular weight is 288 g/mol. The van der Waals surface area contributed by atoms with Crippen molar-refractivity contribution in [1.82, 2.24) is 10.2 Å². The quantitative estimate of drug-likeness (QED) is 0.855. The zero-order valence-electron chi connectivity index (χ0n) is 14.2. The van der Waals surface area contributed by atoms with E-state index in [1.807, 2.05) is 0 Å². The van der Waals surface area contributed by atoms with Gasteiger partial charge in [-0.1, -0.05) is 45.0 Å². The number of hydrogen-bond donors (Lipinski definition) is 1. The highest BCUT2D eigenvalue weighted by atomic mass is 15.2. The highest BCUT2D eigenvalue weighted by molar-refractivity contribution is 5.23. The van der Waals surface area contributed by atoms with Crippen LogP contribution in [-0.4, -0.2) is 30.1 Å². The van der Waals surface area contributed by atoms with Crippen molar-refractivity contribution < 1.29 is 0 Å². The summed E-state index contributed by atoms with van der Waals surface area (Å²) in [6.07, 6.45) is 3.82. The highest BCUT2D eigenvalue weighted by Crippen LogP contribution is 2.23. The van der Waals surface area contributed by atoms with Crippen LogP contribution in [0.2, 0.25) is 0 Å². The van der Waals surface area contributed by atoms with E-state index in [1.54, 1.807) is 0 Å². The Morgan fingerprint density at radius 2 is 1.81 bits per heavy atom. The van der Waals surface area contributed by atoms with Crippen LogP contribution in [0.15, 0.2) is 24.3 Å². The number of nitrogens with one attached hydrogen (secondary N) is 1. The highest BCUT2D eigenvalue weighted by Gasteiger charge is 2.22. The third-order valence-corrected chi connectivity index (χ3v) is 4.65. The van der Waals surface area contributed by atoms with Crippen LogP contribution in [0.5, 0.6) is 0 Å². The molecule has 1 aliphatic heterocycles. The first-order chi connectivity index (χ1) is 10.0. The molecule has 2 rings (SSSR count).